The number of fused-ring (bicyclic) bond motifs is 2. The van der Waals surface area contributed by atoms with Crippen LogP contribution >= 0.6 is 15.9 Å². The quantitative estimate of drug-likeness (QED) is 0.246. The molecule has 0 bridgehead atoms. The number of aliphatic imine (C=N–C) groups is 1. The number of nitrogens with zero attached hydrogens (tertiary/aromatic N) is 2. The van der Waals surface area contributed by atoms with Gasteiger partial charge in [0.05, 0.1) is 11.7 Å². The standard InChI is InChI=1S/C32H28BrN3/c1-32(2,3)22-15-13-21(14-16-22)31-35-29-12-8-7-11-25(29)30(36(31)24-9-5-4-6-10-24)27-20-34-28-18-17-23(33)19-26(27)28/h4-20,30,34H,1-3H3. The molecule has 0 spiro atoms. The molecule has 1 aliphatic rings. The lowest BCUT2D eigenvalue weighted by molar-refractivity contribution is 0.590. The largest absolute Gasteiger partial charge is 0.361 e. The highest BCUT2D eigenvalue weighted by atomic mass is 79.9. The summed E-state index contributed by atoms with van der Waals surface area (Å²) in [4.78, 5) is 11.1. The molecule has 0 radical (unpaired) electrons. The van der Waals surface area contributed by atoms with Crippen molar-refractivity contribution in [1.29, 1.82) is 0 Å². The van der Waals surface area contributed by atoms with Crippen LogP contribution in [0.3, 0.4) is 0 Å². The van der Waals surface area contributed by atoms with E-state index < -0.39 is 0 Å². The van der Waals surface area contributed by atoms with Gasteiger partial charge in [-0.15, -0.1) is 0 Å². The van der Waals surface area contributed by atoms with Crippen LogP contribution in [0.15, 0.2) is 113 Å². The van der Waals surface area contributed by atoms with E-state index in [9.17, 15) is 0 Å². The Morgan fingerprint density at radius 3 is 2.28 bits per heavy atom. The summed E-state index contributed by atoms with van der Waals surface area (Å²) < 4.78 is 1.07. The number of hydrogen-bond acceptors (Lipinski definition) is 2. The van der Waals surface area contributed by atoms with E-state index in [1.807, 2.05) is 0 Å². The molecule has 0 amide bonds. The molecule has 6 rings (SSSR count). The van der Waals surface area contributed by atoms with Gasteiger partial charge in [0.1, 0.15) is 5.84 Å². The maximum Gasteiger partial charge on any atom is 0.141 e. The van der Waals surface area contributed by atoms with Crippen LogP contribution in [0.1, 0.15) is 49.1 Å². The summed E-state index contributed by atoms with van der Waals surface area (Å²) in [6.45, 7) is 6.74. The summed E-state index contributed by atoms with van der Waals surface area (Å²) in [5, 5.41) is 1.20. The summed E-state index contributed by atoms with van der Waals surface area (Å²) >= 11 is 3.69. The Hall–Kier alpha value is -3.63. The summed E-state index contributed by atoms with van der Waals surface area (Å²) in [7, 11) is 0. The lowest BCUT2D eigenvalue weighted by atomic mass is 9.86. The highest BCUT2D eigenvalue weighted by molar-refractivity contribution is 9.10. The zero-order valence-corrected chi connectivity index (χ0v) is 22.3. The predicted octanol–water partition coefficient (Wildman–Crippen LogP) is 8.92. The van der Waals surface area contributed by atoms with E-state index in [0.717, 1.165) is 32.8 Å². The number of anilines is 1. The Kier molecular flexibility index (Phi) is 5.57. The van der Waals surface area contributed by atoms with Crippen molar-refractivity contribution in [3.05, 3.63) is 130 Å². The van der Waals surface area contributed by atoms with Gasteiger partial charge < -0.3 is 9.88 Å². The minimum Gasteiger partial charge on any atom is -0.361 e. The second-order valence-electron chi connectivity index (χ2n) is 10.4. The molecule has 36 heavy (non-hydrogen) atoms. The Morgan fingerprint density at radius 1 is 0.806 bits per heavy atom. The third kappa shape index (κ3) is 3.96. The number of halogens is 1. The van der Waals surface area contributed by atoms with Crippen molar-refractivity contribution < 1.29 is 0 Å². The maximum absolute atomic E-state index is 5.25. The second-order valence-corrected chi connectivity index (χ2v) is 11.3. The number of H-pyrrole nitrogens is 1. The summed E-state index contributed by atoms with van der Waals surface area (Å²) in [6.07, 6.45) is 2.15. The van der Waals surface area contributed by atoms with Gasteiger partial charge in [0, 0.05) is 44.0 Å². The number of aromatic nitrogens is 1. The molecule has 3 nitrogen and oxygen atoms in total. The molecule has 2 heterocycles. The van der Waals surface area contributed by atoms with Crippen molar-refractivity contribution in [3.63, 3.8) is 0 Å². The van der Waals surface area contributed by atoms with Gasteiger partial charge >= 0.3 is 0 Å². The molecule has 5 aromatic rings. The van der Waals surface area contributed by atoms with Crippen molar-refractivity contribution in [2.75, 3.05) is 4.90 Å². The van der Waals surface area contributed by atoms with Gasteiger partial charge in [-0.25, -0.2) is 4.99 Å². The van der Waals surface area contributed by atoms with Gasteiger partial charge in [-0.2, -0.15) is 0 Å². The number of hydrogen-bond donors (Lipinski definition) is 1. The van der Waals surface area contributed by atoms with Crippen LogP contribution in [0.2, 0.25) is 0 Å². The third-order valence-electron chi connectivity index (χ3n) is 6.96. The van der Waals surface area contributed by atoms with Crippen LogP contribution in [0.5, 0.6) is 0 Å². The van der Waals surface area contributed by atoms with Gasteiger partial charge in [0.15, 0.2) is 0 Å². The highest BCUT2D eigenvalue weighted by Crippen LogP contribution is 2.45. The molecule has 0 saturated carbocycles. The maximum atomic E-state index is 5.25. The van der Waals surface area contributed by atoms with Crippen LogP contribution in [0, 0.1) is 0 Å². The molecular weight excluding hydrogens is 506 g/mol. The molecule has 1 aromatic heterocycles. The Bertz CT molecular complexity index is 1570. The molecule has 1 unspecified atom stereocenters. The van der Waals surface area contributed by atoms with Gasteiger partial charge in [-0.1, -0.05) is 97.4 Å². The van der Waals surface area contributed by atoms with Gasteiger partial charge in [-0.05, 0) is 47.4 Å². The normalized spacial score (nSPS) is 15.6. The average Bonchev–Trinajstić information content (AvgIpc) is 3.30. The minimum atomic E-state index is -0.0403. The fraction of sp³-hybridized carbons (Fsp3) is 0.156. The van der Waals surface area contributed by atoms with E-state index in [1.54, 1.807) is 0 Å². The first kappa shape index (κ1) is 22.8. The first-order chi connectivity index (χ1) is 17.4. The summed E-state index contributed by atoms with van der Waals surface area (Å²) in [5.74, 6) is 0.953. The smallest absolute Gasteiger partial charge is 0.141 e. The molecule has 0 fully saturated rings. The highest BCUT2D eigenvalue weighted by Gasteiger charge is 2.34. The van der Waals surface area contributed by atoms with Crippen molar-refractivity contribution in [3.8, 4) is 0 Å². The van der Waals surface area contributed by atoms with E-state index in [0.29, 0.717) is 0 Å². The van der Waals surface area contributed by atoms with E-state index in [2.05, 4.69) is 150 Å². The van der Waals surface area contributed by atoms with Crippen LogP contribution in [-0.2, 0) is 5.41 Å². The zero-order valence-electron chi connectivity index (χ0n) is 20.7. The zero-order chi connectivity index (χ0) is 24.9. The Balaban J connectivity index is 1.61. The molecular formula is C32H28BrN3. The summed E-state index contributed by atoms with van der Waals surface area (Å²) in [6, 6.07) is 34.4. The molecule has 0 saturated heterocycles. The van der Waals surface area contributed by atoms with E-state index in [4.69, 9.17) is 4.99 Å². The van der Waals surface area contributed by atoms with Crippen LogP contribution in [0.25, 0.3) is 10.9 Å². The van der Waals surface area contributed by atoms with Gasteiger partial charge in [-0.3, -0.25) is 0 Å². The SMILES string of the molecule is CC(C)(C)c1ccc(C2=Nc3ccccc3C(c3c[nH]c4ccc(Br)cc34)N2c2ccccc2)cc1. The van der Waals surface area contributed by atoms with Crippen molar-refractivity contribution in [2.24, 2.45) is 4.99 Å². The van der Waals surface area contributed by atoms with Crippen molar-refractivity contribution >= 4 is 44.0 Å². The molecule has 4 heteroatoms. The first-order valence-electron chi connectivity index (χ1n) is 12.3. The Labute approximate surface area is 220 Å². The van der Waals surface area contributed by atoms with Crippen molar-refractivity contribution in [1.82, 2.24) is 4.98 Å². The van der Waals surface area contributed by atoms with Gasteiger partial charge in [0.25, 0.3) is 0 Å². The molecule has 0 aliphatic carbocycles. The fourth-order valence-electron chi connectivity index (χ4n) is 5.08. The van der Waals surface area contributed by atoms with Crippen LogP contribution < -0.4 is 4.90 Å². The van der Waals surface area contributed by atoms with Gasteiger partial charge in [0.2, 0.25) is 0 Å². The summed E-state index contributed by atoms with van der Waals surface area (Å²) in [5.41, 5.74) is 8.17. The predicted molar refractivity (Wildman–Crippen MR) is 155 cm³/mol. The van der Waals surface area contributed by atoms with E-state index in [1.165, 1.54) is 22.1 Å². The number of para-hydroxylation sites is 2. The molecule has 1 N–H and O–H groups in total. The number of amidine groups is 1. The van der Waals surface area contributed by atoms with Crippen LogP contribution in [0.4, 0.5) is 11.4 Å². The molecule has 1 atom stereocenters. The fourth-order valence-corrected chi connectivity index (χ4v) is 5.44. The number of benzene rings is 4. The molecule has 4 aromatic carbocycles. The topological polar surface area (TPSA) is 31.4 Å². The number of rotatable bonds is 3. The lowest BCUT2D eigenvalue weighted by Gasteiger charge is -2.38. The Morgan fingerprint density at radius 2 is 1.53 bits per heavy atom. The average molecular weight is 535 g/mol. The van der Waals surface area contributed by atoms with Crippen molar-refractivity contribution in [2.45, 2.75) is 32.2 Å². The lowest BCUT2D eigenvalue weighted by Crippen LogP contribution is -2.38. The molecule has 1 aliphatic heterocycles. The number of aromatic amines is 1. The number of nitrogens with one attached hydrogen (secondary N) is 1. The third-order valence-corrected chi connectivity index (χ3v) is 7.45. The minimum absolute atomic E-state index is 0.0403. The molecule has 178 valence electrons. The monoisotopic (exact) mass is 533 g/mol. The van der Waals surface area contributed by atoms with Crippen LogP contribution in [-0.4, -0.2) is 10.8 Å². The second kappa shape index (κ2) is 8.79. The first-order valence-corrected chi connectivity index (χ1v) is 13.1. The van der Waals surface area contributed by atoms with E-state index in [-0.39, 0.29) is 11.5 Å². The van der Waals surface area contributed by atoms with E-state index >= 15 is 0 Å².